The summed E-state index contributed by atoms with van der Waals surface area (Å²) in [5.41, 5.74) is 1.36. The molecule has 1 heteroatoms. The Hall–Kier alpha value is -1.24. The van der Waals surface area contributed by atoms with Gasteiger partial charge in [0.25, 0.3) is 0 Å². The minimum Gasteiger partial charge on any atom is -0.497 e. The molecule has 0 unspecified atom stereocenters. The van der Waals surface area contributed by atoms with Crippen LogP contribution in [0.2, 0.25) is 0 Å². The van der Waals surface area contributed by atoms with Crippen LogP contribution in [0.5, 0.6) is 5.75 Å². The zero-order valence-electron chi connectivity index (χ0n) is 9.16. The van der Waals surface area contributed by atoms with Gasteiger partial charge in [0.05, 0.1) is 7.11 Å². The fourth-order valence-corrected chi connectivity index (χ4v) is 1.53. The fraction of sp³-hybridized carbons (Fsp3) is 0.385. The third-order valence-electron chi connectivity index (χ3n) is 2.24. The summed E-state index contributed by atoms with van der Waals surface area (Å²) in [7, 11) is 1.69. The summed E-state index contributed by atoms with van der Waals surface area (Å²) in [6.45, 7) is 4.29. The number of hydrogen-bond donors (Lipinski definition) is 0. The first-order valence-electron chi connectivity index (χ1n) is 5.02. The molecule has 0 aromatic heterocycles. The van der Waals surface area contributed by atoms with Gasteiger partial charge in [-0.15, -0.1) is 0 Å². The predicted molar refractivity (Wildman–Crippen MR) is 60.7 cm³/mol. The standard InChI is InChI=1S/C13H18O/c1-4-5-11(2)10-12-6-8-13(14-3)9-7-12/h4-9,11H,10H2,1-3H3/b5-4+/t11-/m0/s1. The van der Waals surface area contributed by atoms with Crippen molar-refractivity contribution in [1.82, 2.24) is 0 Å². The van der Waals surface area contributed by atoms with Crippen molar-refractivity contribution < 1.29 is 4.74 Å². The molecule has 0 fully saturated rings. The fourth-order valence-electron chi connectivity index (χ4n) is 1.53. The average Bonchev–Trinajstić information content (AvgIpc) is 2.19. The van der Waals surface area contributed by atoms with E-state index in [9.17, 15) is 0 Å². The van der Waals surface area contributed by atoms with E-state index in [1.54, 1.807) is 7.11 Å². The number of rotatable bonds is 4. The van der Waals surface area contributed by atoms with Gasteiger partial charge in [0, 0.05) is 0 Å². The molecule has 1 aromatic carbocycles. The summed E-state index contributed by atoms with van der Waals surface area (Å²) in [5.74, 6) is 1.53. The van der Waals surface area contributed by atoms with E-state index in [-0.39, 0.29) is 0 Å². The average molecular weight is 190 g/mol. The van der Waals surface area contributed by atoms with E-state index in [4.69, 9.17) is 4.74 Å². The van der Waals surface area contributed by atoms with Crippen molar-refractivity contribution in [2.75, 3.05) is 7.11 Å². The van der Waals surface area contributed by atoms with Crippen LogP contribution in [0.15, 0.2) is 36.4 Å². The molecule has 0 heterocycles. The first-order valence-corrected chi connectivity index (χ1v) is 5.02. The Labute approximate surface area is 86.4 Å². The monoisotopic (exact) mass is 190 g/mol. The lowest BCUT2D eigenvalue weighted by Crippen LogP contribution is -1.95. The highest BCUT2D eigenvalue weighted by atomic mass is 16.5. The van der Waals surface area contributed by atoms with E-state index in [0.29, 0.717) is 5.92 Å². The minimum atomic E-state index is 0.605. The molecule has 0 aliphatic carbocycles. The third-order valence-corrected chi connectivity index (χ3v) is 2.24. The Morgan fingerprint density at radius 3 is 2.43 bits per heavy atom. The number of methoxy groups -OCH3 is 1. The van der Waals surface area contributed by atoms with Crippen molar-refractivity contribution in [1.29, 1.82) is 0 Å². The summed E-state index contributed by atoms with van der Waals surface area (Å²) in [5, 5.41) is 0. The molecule has 1 atom stereocenters. The summed E-state index contributed by atoms with van der Waals surface area (Å²) in [6.07, 6.45) is 5.42. The highest BCUT2D eigenvalue weighted by Crippen LogP contribution is 2.14. The molecule has 0 amide bonds. The van der Waals surface area contributed by atoms with E-state index >= 15 is 0 Å². The number of ether oxygens (including phenoxy) is 1. The highest BCUT2D eigenvalue weighted by molar-refractivity contribution is 5.27. The van der Waals surface area contributed by atoms with Gasteiger partial charge in [-0.2, -0.15) is 0 Å². The van der Waals surface area contributed by atoms with E-state index in [1.807, 2.05) is 12.1 Å². The molecule has 1 nitrogen and oxygen atoms in total. The van der Waals surface area contributed by atoms with Gasteiger partial charge in [-0.1, -0.05) is 31.2 Å². The zero-order chi connectivity index (χ0) is 10.4. The normalized spacial score (nSPS) is 13.1. The van der Waals surface area contributed by atoms with Gasteiger partial charge >= 0.3 is 0 Å². The van der Waals surface area contributed by atoms with Crippen LogP contribution in [-0.4, -0.2) is 7.11 Å². The van der Waals surface area contributed by atoms with Gasteiger partial charge < -0.3 is 4.74 Å². The number of allylic oxidation sites excluding steroid dienone is 2. The smallest absolute Gasteiger partial charge is 0.118 e. The zero-order valence-corrected chi connectivity index (χ0v) is 9.16. The van der Waals surface area contributed by atoms with Crippen LogP contribution < -0.4 is 4.74 Å². The molecule has 0 bridgehead atoms. The van der Waals surface area contributed by atoms with Gasteiger partial charge in [-0.05, 0) is 37.0 Å². The summed E-state index contributed by atoms with van der Waals surface area (Å²) in [4.78, 5) is 0. The van der Waals surface area contributed by atoms with Gasteiger partial charge in [-0.25, -0.2) is 0 Å². The van der Waals surface area contributed by atoms with Crippen LogP contribution in [0.4, 0.5) is 0 Å². The lowest BCUT2D eigenvalue weighted by Gasteiger charge is -2.06. The van der Waals surface area contributed by atoms with Crippen LogP contribution in [0.1, 0.15) is 19.4 Å². The first-order chi connectivity index (χ1) is 6.76. The van der Waals surface area contributed by atoms with Crippen molar-refractivity contribution in [3.05, 3.63) is 42.0 Å². The van der Waals surface area contributed by atoms with E-state index in [1.165, 1.54) is 5.56 Å². The third kappa shape index (κ3) is 3.25. The lowest BCUT2D eigenvalue weighted by molar-refractivity contribution is 0.414. The topological polar surface area (TPSA) is 9.23 Å². The van der Waals surface area contributed by atoms with E-state index in [2.05, 4.69) is 38.1 Å². The van der Waals surface area contributed by atoms with Crippen molar-refractivity contribution in [2.45, 2.75) is 20.3 Å². The largest absolute Gasteiger partial charge is 0.497 e. The summed E-state index contributed by atoms with van der Waals surface area (Å²) >= 11 is 0. The molecular formula is C13H18O. The van der Waals surface area contributed by atoms with Crippen LogP contribution in [0, 0.1) is 5.92 Å². The SMILES string of the molecule is C/C=C/[C@H](C)Cc1ccc(OC)cc1. The van der Waals surface area contributed by atoms with Crippen molar-refractivity contribution in [3.8, 4) is 5.75 Å². The maximum Gasteiger partial charge on any atom is 0.118 e. The summed E-state index contributed by atoms with van der Waals surface area (Å²) < 4.78 is 5.11. The first kappa shape index (κ1) is 10.8. The van der Waals surface area contributed by atoms with Crippen LogP contribution in [0.3, 0.4) is 0 Å². The van der Waals surface area contributed by atoms with Crippen molar-refractivity contribution >= 4 is 0 Å². The predicted octanol–water partition coefficient (Wildman–Crippen LogP) is 3.45. The molecular weight excluding hydrogens is 172 g/mol. The Morgan fingerprint density at radius 1 is 1.29 bits per heavy atom. The van der Waals surface area contributed by atoms with Gasteiger partial charge in [0.1, 0.15) is 5.75 Å². The van der Waals surface area contributed by atoms with Gasteiger partial charge in [0.2, 0.25) is 0 Å². The maximum absolute atomic E-state index is 5.11. The molecule has 0 saturated carbocycles. The number of hydrogen-bond acceptors (Lipinski definition) is 1. The van der Waals surface area contributed by atoms with Crippen LogP contribution in [0.25, 0.3) is 0 Å². The molecule has 0 saturated heterocycles. The molecule has 1 aromatic rings. The van der Waals surface area contributed by atoms with Crippen LogP contribution >= 0.6 is 0 Å². The second-order valence-corrected chi connectivity index (χ2v) is 3.56. The molecule has 1 rings (SSSR count). The Bertz CT molecular complexity index is 285. The van der Waals surface area contributed by atoms with Crippen molar-refractivity contribution in [3.63, 3.8) is 0 Å². The van der Waals surface area contributed by atoms with Crippen molar-refractivity contribution in [2.24, 2.45) is 5.92 Å². The van der Waals surface area contributed by atoms with E-state index in [0.717, 1.165) is 12.2 Å². The van der Waals surface area contributed by atoms with Gasteiger partial charge in [-0.3, -0.25) is 0 Å². The maximum atomic E-state index is 5.11. The Kier molecular flexibility index (Phi) is 4.24. The summed E-state index contributed by atoms with van der Waals surface area (Å²) in [6, 6.07) is 8.27. The van der Waals surface area contributed by atoms with E-state index < -0.39 is 0 Å². The second-order valence-electron chi connectivity index (χ2n) is 3.56. The van der Waals surface area contributed by atoms with Crippen LogP contribution in [-0.2, 0) is 6.42 Å². The molecule has 0 radical (unpaired) electrons. The Balaban J connectivity index is 2.59. The molecule has 0 aliphatic heterocycles. The second kappa shape index (κ2) is 5.48. The highest BCUT2D eigenvalue weighted by Gasteiger charge is 1.99. The number of benzene rings is 1. The molecule has 0 spiro atoms. The quantitative estimate of drug-likeness (QED) is 0.661. The molecule has 76 valence electrons. The Morgan fingerprint density at radius 2 is 1.93 bits per heavy atom. The molecule has 0 N–H and O–H groups in total. The minimum absolute atomic E-state index is 0.605. The molecule has 14 heavy (non-hydrogen) atoms. The van der Waals surface area contributed by atoms with Gasteiger partial charge in [0.15, 0.2) is 0 Å². The lowest BCUT2D eigenvalue weighted by atomic mass is 10.0. The molecule has 0 aliphatic rings.